The maximum Gasteiger partial charge on any atom is 0.276 e. The Morgan fingerprint density at radius 2 is 1.77 bits per heavy atom. The van der Waals surface area contributed by atoms with E-state index < -0.39 is 0 Å². The number of aromatic nitrogens is 2. The maximum absolute atomic E-state index is 12.8. The van der Waals surface area contributed by atoms with Crippen LogP contribution >= 0.6 is 11.8 Å². The molecule has 0 radical (unpaired) electrons. The number of thioether (sulfide) groups is 1. The van der Waals surface area contributed by atoms with Crippen molar-refractivity contribution in [3.63, 3.8) is 0 Å². The molecule has 26 heavy (non-hydrogen) atoms. The van der Waals surface area contributed by atoms with E-state index in [1.165, 1.54) is 23.9 Å². The highest BCUT2D eigenvalue weighted by molar-refractivity contribution is 7.99. The Labute approximate surface area is 154 Å². The predicted molar refractivity (Wildman–Crippen MR) is 95.5 cm³/mol. The predicted octanol–water partition coefficient (Wildman–Crippen LogP) is 4.06. The monoisotopic (exact) mass is 376 g/mol. The van der Waals surface area contributed by atoms with Crippen molar-refractivity contribution >= 4 is 11.8 Å². The van der Waals surface area contributed by atoms with Gasteiger partial charge in [0.1, 0.15) is 23.1 Å². The molecule has 136 valence electrons. The van der Waals surface area contributed by atoms with Crippen LogP contribution in [-0.2, 0) is 0 Å². The van der Waals surface area contributed by atoms with Gasteiger partial charge >= 0.3 is 0 Å². The summed E-state index contributed by atoms with van der Waals surface area (Å²) in [6.45, 7) is 0.430. The van der Waals surface area contributed by atoms with E-state index in [1.54, 1.807) is 44.6 Å². The molecule has 0 amide bonds. The van der Waals surface area contributed by atoms with Gasteiger partial charge in [-0.25, -0.2) is 4.39 Å². The van der Waals surface area contributed by atoms with Gasteiger partial charge < -0.3 is 18.6 Å². The number of rotatable bonds is 8. The van der Waals surface area contributed by atoms with E-state index in [0.29, 0.717) is 46.3 Å². The summed E-state index contributed by atoms with van der Waals surface area (Å²) in [6.07, 6.45) is 0. The average Bonchev–Trinajstić information content (AvgIpc) is 3.14. The van der Waals surface area contributed by atoms with Crippen LogP contribution in [0, 0.1) is 5.82 Å². The first-order chi connectivity index (χ1) is 12.7. The molecule has 0 aliphatic rings. The molecule has 0 aliphatic carbocycles. The minimum absolute atomic E-state index is 0.293. The third-order valence-electron chi connectivity index (χ3n) is 3.44. The molecule has 0 saturated heterocycles. The molecule has 8 heteroatoms. The molecule has 0 atom stereocenters. The van der Waals surface area contributed by atoms with Crippen LogP contribution in [-0.4, -0.2) is 36.8 Å². The normalized spacial score (nSPS) is 10.6. The topological polar surface area (TPSA) is 66.6 Å². The number of hydrogen-bond donors (Lipinski definition) is 0. The van der Waals surface area contributed by atoms with Gasteiger partial charge in [0, 0.05) is 11.8 Å². The Morgan fingerprint density at radius 3 is 2.50 bits per heavy atom. The van der Waals surface area contributed by atoms with Crippen LogP contribution < -0.4 is 14.2 Å². The quantitative estimate of drug-likeness (QED) is 0.434. The van der Waals surface area contributed by atoms with E-state index in [4.69, 9.17) is 18.6 Å². The molecule has 0 unspecified atom stereocenters. The van der Waals surface area contributed by atoms with Gasteiger partial charge in [0.25, 0.3) is 11.1 Å². The molecule has 0 fully saturated rings. The van der Waals surface area contributed by atoms with E-state index in [9.17, 15) is 4.39 Å². The van der Waals surface area contributed by atoms with Crippen molar-refractivity contribution in [1.29, 1.82) is 0 Å². The second kappa shape index (κ2) is 8.57. The summed E-state index contributed by atoms with van der Waals surface area (Å²) in [5.41, 5.74) is 0.690. The lowest BCUT2D eigenvalue weighted by Crippen LogP contribution is -1.99. The highest BCUT2D eigenvalue weighted by Gasteiger charge is 2.14. The highest BCUT2D eigenvalue weighted by atomic mass is 32.2. The molecule has 1 aromatic heterocycles. The number of ether oxygens (including phenoxy) is 3. The lowest BCUT2D eigenvalue weighted by molar-refractivity contribution is 0.342. The average molecular weight is 376 g/mol. The zero-order valence-corrected chi connectivity index (χ0v) is 15.1. The largest absolute Gasteiger partial charge is 0.497 e. The zero-order valence-electron chi connectivity index (χ0n) is 14.3. The molecule has 2 aromatic carbocycles. The number of methoxy groups -OCH3 is 2. The number of hydrogen-bond acceptors (Lipinski definition) is 7. The smallest absolute Gasteiger partial charge is 0.276 e. The second-order valence-electron chi connectivity index (χ2n) is 5.09. The van der Waals surface area contributed by atoms with Crippen molar-refractivity contribution in [1.82, 2.24) is 10.2 Å². The standard InChI is InChI=1S/C18H17FN2O4S/c1-22-14-7-8-15(16(11-14)23-2)17-20-21-18(25-17)26-10-9-24-13-5-3-12(19)4-6-13/h3-8,11H,9-10H2,1-2H3. The summed E-state index contributed by atoms with van der Waals surface area (Å²) in [5, 5.41) is 8.51. The minimum atomic E-state index is -0.293. The van der Waals surface area contributed by atoms with Gasteiger partial charge in [0.2, 0.25) is 0 Å². The van der Waals surface area contributed by atoms with Gasteiger partial charge in [-0.3, -0.25) is 0 Å². The Morgan fingerprint density at radius 1 is 1.00 bits per heavy atom. The lowest BCUT2D eigenvalue weighted by atomic mass is 10.2. The Hall–Kier alpha value is -2.74. The van der Waals surface area contributed by atoms with E-state index in [1.807, 2.05) is 0 Å². The molecule has 0 aliphatic heterocycles. The van der Waals surface area contributed by atoms with Gasteiger partial charge in [-0.1, -0.05) is 11.8 Å². The first kappa shape index (κ1) is 18.1. The molecule has 0 spiro atoms. The molecule has 3 aromatic rings. The minimum Gasteiger partial charge on any atom is -0.497 e. The van der Waals surface area contributed by atoms with Crippen molar-refractivity contribution < 1.29 is 23.0 Å². The zero-order chi connectivity index (χ0) is 18.4. The third-order valence-corrected chi connectivity index (χ3v) is 4.22. The third kappa shape index (κ3) is 4.45. The lowest BCUT2D eigenvalue weighted by Gasteiger charge is -2.07. The molecular weight excluding hydrogens is 359 g/mol. The fourth-order valence-corrected chi connectivity index (χ4v) is 2.75. The fourth-order valence-electron chi connectivity index (χ4n) is 2.17. The summed E-state index contributed by atoms with van der Waals surface area (Å²) in [4.78, 5) is 0. The van der Waals surface area contributed by atoms with Gasteiger partial charge in [-0.2, -0.15) is 0 Å². The van der Waals surface area contributed by atoms with Crippen LogP contribution in [0.1, 0.15) is 0 Å². The number of nitrogens with zero attached hydrogens (tertiary/aromatic N) is 2. The first-order valence-corrected chi connectivity index (χ1v) is 8.75. The summed E-state index contributed by atoms with van der Waals surface area (Å²) >= 11 is 1.37. The molecule has 1 heterocycles. The van der Waals surface area contributed by atoms with E-state index in [0.717, 1.165) is 0 Å². The van der Waals surface area contributed by atoms with E-state index in [2.05, 4.69) is 10.2 Å². The summed E-state index contributed by atoms with van der Waals surface area (Å²) in [6, 6.07) is 11.2. The SMILES string of the molecule is COc1ccc(-c2nnc(SCCOc3ccc(F)cc3)o2)c(OC)c1. The van der Waals surface area contributed by atoms with Crippen LogP contribution in [0.5, 0.6) is 17.2 Å². The molecule has 6 nitrogen and oxygen atoms in total. The van der Waals surface area contributed by atoms with Crippen LogP contribution in [0.2, 0.25) is 0 Å². The van der Waals surface area contributed by atoms with Crippen molar-refractivity contribution in [2.75, 3.05) is 26.6 Å². The van der Waals surface area contributed by atoms with Gasteiger partial charge in [-0.05, 0) is 36.4 Å². The fraction of sp³-hybridized carbons (Fsp3) is 0.222. The number of halogens is 1. The van der Waals surface area contributed by atoms with E-state index >= 15 is 0 Å². The Kier molecular flexibility index (Phi) is 5.96. The van der Waals surface area contributed by atoms with Crippen LogP contribution in [0.3, 0.4) is 0 Å². The van der Waals surface area contributed by atoms with Crippen molar-refractivity contribution in [3.8, 4) is 28.7 Å². The van der Waals surface area contributed by atoms with Gasteiger partial charge in [0.15, 0.2) is 0 Å². The van der Waals surface area contributed by atoms with Gasteiger partial charge in [-0.15, -0.1) is 10.2 Å². The van der Waals surface area contributed by atoms with Crippen LogP contribution in [0.15, 0.2) is 52.1 Å². The first-order valence-electron chi connectivity index (χ1n) is 7.76. The summed E-state index contributed by atoms with van der Waals surface area (Å²) < 4.78 is 34.5. The molecule has 0 bridgehead atoms. The Bertz CT molecular complexity index is 855. The van der Waals surface area contributed by atoms with E-state index in [-0.39, 0.29) is 5.82 Å². The van der Waals surface area contributed by atoms with Crippen molar-refractivity contribution in [2.24, 2.45) is 0 Å². The molecule has 0 saturated carbocycles. The molecule has 3 rings (SSSR count). The highest BCUT2D eigenvalue weighted by Crippen LogP contribution is 2.33. The summed E-state index contributed by atoms with van der Waals surface area (Å²) in [7, 11) is 3.15. The van der Waals surface area contributed by atoms with Crippen molar-refractivity contribution in [3.05, 3.63) is 48.3 Å². The van der Waals surface area contributed by atoms with Gasteiger partial charge in [0.05, 0.1) is 26.4 Å². The Balaban J connectivity index is 1.57. The molecule has 0 N–H and O–H groups in total. The number of benzene rings is 2. The second-order valence-corrected chi connectivity index (χ2v) is 6.14. The van der Waals surface area contributed by atoms with Crippen LogP contribution in [0.25, 0.3) is 11.5 Å². The molecular formula is C18H17FN2O4S. The maximum atomic E-state index is 12.8. The summed E-state index contributed by atoms with van der Waals surface area (Å²) in [5.74, 6) is 2.56. The van der Waals surface area contributed by atoms with Crippen molar-refractivity contribution in [2.45, 2.75) is 5.22 Å². The van der Waals surface area contributed by atoms with Crippen LogP contribution in [0.4, 0.5) is 4.39 Å².